The van der Waals surface area contributed by atoms with Gasteiger partial charge in [0, 0.05) is 5.02 Å². The average Bonchev–Trinajstić information content (AvgIpc) is 2.52. The summed E-state index contributed by atoms with van der Waals surface area (Å²) in [6, 6.07) is 13.6. The molecule has 0 N–H and O–H groups in total. The molecule has 0 aromatic heterocycles. The quantitative estimate of drug-likeness (QED) is 0.775. The van der Waals surface area contributed by atoms with E-state index in [1.54, 1.807) is 36.4 Å². The Bertz CT molecular complexity index is 726. The van der Waals surface area contributed by atoms with E-state index in [2.05, 4.69) is 0 Å². The van der Waals surface area contributed by atoms with E-state index in [1.165, 1.54) is 6.07 Å². The number of rotatable bonds is 5. The number of carbonyl (C=O) groups is 1. The largest absolute Gasteiger partial charge is 0.480 e. The lowest BCUT2D eigenvalue weighted by Crippen LogP contribution is -2.14. The molecule has 0 saturated carbocycles. The molecule has 2 rings (SSSR count). The van der Waals surface area contributed by atoms with Gasteiger partial charge in [-0.05, 0) is 35.9 Å². The second kappa shape index (κ2) is 7.69. The minimum atomic E-state index is -0.534. The van der Waals surface area contributed by atoms with Crippen molar-refractivity contribution in [1.82, 2.24) is 0 Å². The summed E-state index contributed by atoms with van der Waals surface area (Å²) in [7, 11) is 0. The third kappa shape index (κ3) is 4.66. The molecule has 0 atom stereocenters. The van der Waals surface area contributed by atoms with Gasteiger partial charge in [0.05, 0.1) is 16.7 Å². The van der Waals surface area contributed by atoms with Crippen molar-refractivity contribution in [1.29, 1.82) is 5.26 Å². The molecule has 0 aliphatic heterocycles. The van der Waals surface area contributed by atoms with Crippen LogP contribution in [0, 0.1) is 11.3 Å². The Morgan fingerprint density at radius 1 is 1.18 bits per heavy atom. The first-order valence-electron chi connectivity index (χ1n) is 6.31. The Hall–Kier alpha value is -2.22. The standard InChI is InChI=1S/C16H11Cl2NO3/c17-13-4-5-15(14(18)7-13)21-10-16(20)22-9-12-3-1-2-11(6-12)8-19/h1-7H,9-10H2. The summed E-state index contributed by atoms with van der Waals surface area (Å²) in [6.07, 6.45) is 0. The van der Waals surface area contributed by atoms with Gasteiger partial charge in [0.1, 0.15) is 12.4 Å². The summed E-state index contributed by atoms with van der Waals surface area (Å²) in [5, 5.41) is 9.60. The van der Waals surface area contributed by atoms with Gasteiger partial charge >= 0.3 is 5.97 Å². The fraction of sp³-hybridized carbons (Fsp3) is 0.125. The molecule has 0 heterocycles. The normalized spacial score (nSPS) is 9.86. The van der Waals surface area contributed by atoms with Crippen molar-refractivity contribution in [3.05, 3.63) is 63.6 Å². The summed E-state index contributed by atoms with van der Waals surface area (Å²) in [5.74, 6) is -0.178. The van der Waals surface area contributed by atoms with Crippen LogP contribution in [0.25, 0.3) is 0 Å². The molecular formula is C16H11Cl2NO3. The number of esters is 1. The van der Waals surface area contributed by atoms with Crippen molar-refractivity contribution in [2.75, 3.05) is 6.61 Å². The van der Waals surface area contributed by atoms with Crippen LogP contribution in [0.5, 0.6) is 5.75 Å². The third-order valence-corrected chi connectivity index (χ3v) is 3.23. The number of nitrogens with zero attached hydrogens (tertiary/aromatic N) is 1. The molecule has 0 spiro atoms. The zero-order valence-corrected chi connectivity index (χ0v) is 12.9. The van der Waals surface area contributed by atoms with Crippen molar-refractivity contribution in [2.24, 2.45) is 0 Å². The van der Waals surface area contributed by atoms with Gasteiger partial charge in [0.25, 0.3) is 0 Å². The van der Waals surface area contributed by atoms with E-state index in [0.29, 0.717) is 21.4 Å². The molecule has 2 aromatic rings. The lowest BCUT2D eigenvalue weighted by atomic mass is 10.1. The minimum Gasteiger partial charge on any atom is -0.480 e. The predicted octanol–water partition coefficient (Wildman–Crippen LogP) is 3.99. The van der Waals surface area contributed by atoms with Gasteiger partial charge in [-0.15, -0.1) is 0 Å². The van der Waals surface area contributed by atoms with Crippen LogP contribution in [0.15, 0.2) is 42.5 Å². The van der Waals surface area contributed by atoms with Crippen molar-refractivity contribution in [3.8, 4) is 11.8 Å². The molecular weight excluding hydrogens is 325 g/mol. The Morgan fingerprint density at radius 2 is 2.00 bits per heavy atom. The van der Waals surface area contributed by atoms with Crippen molar-refractivity contribution >= 4 is 29.2 Å². The van der Waals surface area contributed by atoms with Crippen molar-refractivity contribution in [2.45, 2.75) is 6.61 Å². The van der Waals surface area contributed by atoms with Crippen LogP contribution in [0.1, 0.15) is 11.1 Å². The molecule has 0 radical (unpaired) electrons. The zero-order valence-electron chi connectivity index (χ0n) is 11.4. The highest BCUT2D eigenvalue weighted by molar-refractivity contribution is 6.35. The van der Waals surface area contributed by atoms with Crippen LogP contribution in [0.2, 0.25) is 10.0 Å². The Morgan fingerprint density at radius 3 is 2.73 bits per heavy atom. The SMILES string of the molecule is N#Cc1cccc(COC(=O)COc2ccc(Cl)cc2Cl)c1. The number of benzene rings is 2. The first-order valence-corrected chi connectivity index (χ1v) is 7.06. The molecule has 0 amide bonds. The van der Waals surface area contributed by atoms with E-state index in [1.807, 2.05) is 6.07 Å². The highest BCUT2D eigenvalue weighted by atomic mass is 35.5. The highest BCUT2D eigenvalue weighted by Gasteiger charge is 2.08. The summed E-state index contributed by atoms with van der Waals surface area (Å²) in [6.45, 7) is -0.189. The first kappa shape index (κ1) is 16.2. The van der Waals surface area contributed by atoms with E-state index >= 15 is 0 Å². The van der Waals surface area contributed by atoms with Gasteiger partial charge in [-0.25, -0.2) is 4.79 Å². The zero-order chi connectivity index (χ0) is 15.9. The smallest absolute Gasteiger partial charge is 0.344 e. The fourth-order valence-corrected chi connectivity index (χ4v) is 2.13. The fourth-order valence-electron chi connectivity index (χ4n) is 1.67. The molecule has 112 valence electrons. The Kier molecular flexibility index (Phi) is 5.65. The van der Waals surface area contributed by atoms with Crippen molar-refractivity contribution < 1.29 is 14.3 Å². The van der Waals surface area contributed by atoms with Gasteiger partial charge in [0.15, 0.2) is 6.61 Å². The topological polar surface area (TPSA) is 59.3 Å². The van der Waals surface area contributed by atoms with Gasteiger partial charge < -0.3 is 9.47 Å². The number of halogens is 2. The van der Waals surface area contributed by atoms with Gasteiger partial charge in [-0.2, -0.15) is 5.26 Å². The molecule has 0 fully saturated rings. The summed E-state index contributed by atoms with van der Waals surface area (Å²) in [5.41, 5.74) is 1.25. The monoisotopic (exact) mass is 335 g/mol. The number of carbonyl (C=O) groups excluding carboxylic acids is 1. The Balaban J connectivity index is 1.84. The highest BCUT2D eigenvalue weighted by Crippen LogP contribution is 2.27. The number of hydrogen-bond donors (Lipinski definition) is 0. The van der Waals surface area contributed by atoms with Crippen LogP contribution in [-0.4, -0.2) is 12.6 Å². The molecule has 0 aliphatic carbocycles. The lowest BCUT2D eigenvalue weighted by molar-refractivity contribution is -0.147. The van der Waals surface area contributed by atoms with Crippen LogP contribution < -0.4 is 4.74 Å². The van der Waals surface area contributed by atoms with E-state index in [9.17, 15) is 4.79 Å². The molecule has 4 nitrogen and oxygen atoms in total. The van der Waals surface area contributed by atoms with Gasteiger partial charge in [-0.1, -0.05) is 35.3 Å². The Labute approximate surface area is 137 Å². The van der Waals surface area contributed by atoms with E-state index < -0.39 is 5.97 Å². The first-order chi connectivity index (χ1) is 10.6. The maximum Gasteiger partial charge on any atom is 0.344 e. The van der Waals surface area contributed by atoms with Crippen LogP contribution in [-0.2, 0) is 16.1 Å². The molecule has 22 heavy (non-hydrogen) atoms. The summed E-state index contributed by atoms with van der Waals surface area (Å²) in [4.78, 5) is 11.6. The summed E-state index contributed by atoms with van der Waals surface area (Å²) >= 11 is 11.7. The molecule has 0 saturated heterocycles. The maximum atomic E-state index is 11.6. The van der Waals surface area contributed by atoms with Crippen molar-refractivity contribution in [3.63, 3.8) is 0 Å². The van der Waals surface area contributed by atoms with E-state index in [-0.39, 0.29) is 13.2 Å². The third-order valence-electron chi connectivity index (χ3n) is 2.70. The average molecular weight is 336 g/mol. The molecule has 6 heteroatoms. The van der Waals surface area contributed by atoms with E-state index in [0.717, 1.165) is 5.56 Å². The molecule has 0 bridgehead atoms. The summed E-state index contributed by atoms with van der Waals surface area (Å²) < 4.78 is 10.3. The van der Waals surface area contributed by atoms with Gasteiger partial charge in [-0.3, -0.25) is 0 Å². The molecule has 0 aliphatic rings. The maximum absolute atomic E-state index is 11.6. The number of nitriles is 1. The van der Waals surface area contributed by atoms with Crippen LogP contribution in [0.4, 0.5) is 0 Å². The number of hydrogen-bond acceptors (Lipinski definition) is 4. The molecule has 2 aromatic carbocycles. The number of ether oxygens (including phenoxy) is 2. The lowest BCUT2D eigenvalue weighted by Gasteiger charge is -2.08. The minimum absolute atomic E-state index is 0.0755. The van der Waals surface area contributed by atoms with Crippen LogP contribution in [0.3, 0.4) is 0 Å². The second-order valence-corrected chi connectivity index (χ2v) is 5.18. The second-order valence-electron chi connectivity index (χ2n) is 4.34. The van der Waals surface area contributed by atoms with Crippen LogP contribution >= 0.6 is 23.2 Å². The van der Waals surface area contributed by atoms with E-state index in [4.69, 9.17) is 37.9 Å². The van der Waals surface area contributed by atoms with Gasteiger partial charge in [0.2, 0.25) is 0 Å². The predicted molar refractivity (Wildman–Crippen MR) is 82.9 cm³/mol. The molecule has 0 unspecified atom stereocenters.